The van der Waals surface area contributed by atoms with Gasteiger partial charge in [-0.1, -0.05) is 43.7 Å². The maximum absolute atomic E-state index is 11.7. The molecule has 0 saturated carbocycles. The molecule has 0 saturated heterocycles. The minimum Gasteiger partial charge on any atom is -0.393 e. The van der Waals surface area contributed by atoms with Crippen molar-refractivity contribution in [3.63, 3.8) is 0 Å². The van der Waals surface area contributed by atoms with Crippen LogP contribution in [-0.4, -0.2) is 23.8 Å². The Morgan fingerprint density at radius 3 is 2.65 bits per heavy atom. The van der Waals surface area contributed by atoms with Gasteiger partial charge in [-0.15, -0.1) is 0 Å². The van der Waals surface area contributed by atoms with E-state index in [0.29, 0.717) is 19.5 Å². The third-order valence-electron chi connectivity index (χ3n) is 3.11. The van der Waals surface area contributed by atoms with Gasteiger partial charge in [0.15, 0.2) is 0 Å². The summed E-state index contributed by atoms with van der Waals surface area (Å²) < 4.78 is 0. The largest absolute Gasteiger partial charge is 0.393 e. The van der Waals surface area contributed by atoms with Crippen molar-refractivity contribution in [3.8, 4) is 0 Å². The predicted molar refractivity (Wildman–Crippen MR) is 81.5 cm³/mol. The Kier molecular flexibility index (Phi) is 6.02. The number of hydrogen-bond acceptors (Lipinski definition) is 2. The van der Waals surface area contributed by atoms with Gasteiger partial charge in [-0.3, -0.25) is 0 Å². The molecule has 0 aliphatic carbocycles. The van der Waals surface area contributed by atoms with Crippen LogP contribution in [0.4, 0.5) is 4.79 Å². The SMILES string of the molecule is Cc1cccc(CNC(=O)NCC(C)(C)CC(C)O)c1. The predicted octanol–water partition coefficient (Wildman–Crippen LogP) is 2.59. The Balaban J connectivity index is 2.34. The molecule has 0 fully saturated rings. The number of nitrogens with one attached hydrogen (secondary N) is 2. The van der Waals surface area contributed by atoms with Crippen molar-refractivity contribution < 1.29 is 9.90 Å². The number of aliphatic hydroxyl groups excluding tert-OH is 1. The normalized spacial score (nSPS) is 12.8. The highest BCUT2D eigenvalue weighted by Gasteiger charge is 2.20. The van der Waals surface area contributed by atoms with Crippen LogP contribution in [0.1, 0.15) is 38.3 Å². The van der Waals surface area contributed by atoms with Gasteiger partial charge in [0.05, 0.1) is 6.10 Å². The molecule has 0 bridgehead atoms. The van der Waals surface area contributed by atoms with Crippen molar-refractivity contribution in [2.24, 2.45) is 5.41 Å². The van der Waals surface area contributed by atoms with E-state index in [2.05, 4.69) is 16.7 Å². The van der Waals surface area contributed by atoms with E-state index in [4.69, 9.17) is 0 Å². The fourth-order valence-corrected chi connectivity index (χ4v) is 2.26. The van der Waals surface area contributed by atoms with Crippen molar-refractivity contribution >= 4 is 6.03 Å². The summed E-state index contributed by atoms with van der Waals surface area (Å²) in [6.45, 7) is 8.91. The van der Waals surface area contributed by atoms with E-state index in [1.807, 2.05) is 39.0 Å². The molecule has 0 radical (unpaired) electrons. The first-order valence-corrected chi connectivity index (χ1v) is 7.04. The highest BCUT2D eigenvalue weighted by molar-refractivity contribution is 5.73. The third-order valence-corrected chi connectivity index (χ3v) is 3.11. The van der Waals surface area contributed by atoms with E-state index in [1.54, 1.807) is 6.92 Å². The Labute approximate surface area is 121 Å². The van der Waals surface area contributed by atoms with Crippen molar-refractivity contribution in [3.05, 3.63) is 35.4 Å². The van der Waals surface area contributed by atoms with Crippen LogP contribution < -0.4 is 10.6 Å². The van der Waals surface area contributed by atoms with Gasteiger partial charge in [0, 0.05) is 13.1 Å². The number of aryl methyl sites for hydroxylation is 1. The van der Waals surface area contributed by atoms with E-state index in [9.17, 15) is 9.90 Å². The minimum absolute atomic E-state index is 0.116. The van der Waals surface area contributed by atoms with Crippen molar-refractivity contribution in [1.82, 2.24) is 10.6 Å². The summed E-state index contributed by atoms with van der Waals surface area (Å²) in [5.41, 5.74) is 2.15. The Hall–Kier alpha value is -1.55. The molecular weight excluding hydrogens is 252 g/mol. The lowest BCUT2D eigenvalue weighted by atomic mass is 9.87. The lowest BCUT2D eigenvalue weighted by Crippen LogP contribution is -2.41. The summed E-state index contributed by atoms with van der Waals surface area (Å²) in [6, 6.07) is 7.88. The second-order valence-corrected chi connectivity index (χ2v) is 6.24. The molecule has 0 spiro atoms. The quantitative estimate of drug-likeness (QED) is 0.749. The van der Waals surface area contributed by atoms with Crippen LogP contribution in [0.5, 0.6) is 0 Å². The van der Waals surface area contributed by atoms with E-state index < -0.39 is 0 Å². The molecular formula is C16H26N2O2. The first kappa shape index (κ1) is 16.5. The van der Waals surface area contributed by atoms with E-state index >= 15 is 0 Å². The van der Waals surface area contributed by atoms with Gasteiger partial charge in [-0.25, -0.2) is 4.79 Å². The van der Waals surface area contributed by atoms with Crippen molar-refractivity contribution in [2.45, 2.75) is 46.8 Å². The molecule has 0 aromatic heterocycles. The molecule has 20 heavy (non-hydrogen) atoms. The van der Waals surface area contributed by atoms with Crippen LogP contribution in [0.3, 0.4) is 0 Å². The summed E-state index contributed by atoms with van der Waals surface area (Å²) in [4.78, 5) is 11.7. The standard InChI is InChI=1S/C16H26N2O2/c1-12-6-5-7-14(8-12)10-17-15(20)18-11-16(3,4)9-13(2)19/h5-8,13,19H,9-11H2,1-4H3,(H2,17,18,20). The molecule has 0 aliphatic rings. The molecule has 112 valence electrons. The van der Waals surface area contributed by atoms with Crippen LogP contribution in [-0.2, 0) is 6.54 Å². The van der Waals surface area contributed by atoms with Crippen LogP contribution in [0.25, 0.3) is 0 Å². The zero-order valence-electron chi connectivity index (χ0n) is 12.9. The number of rotatable bonds is 6. The van der Waals surface area contributed by atoms with E-state index in [1.165, 1.54) is 5.56 Å². The van der Waals surface area contributed by atoms with Crippen molar-refractivity contribution in [2.75, 3.05) is 6.54 Å². The molecule has 3 N–H and O–H groups in total. The molecule has 4 nitrogen and oxygen atoms in total. The van der Waals surface area contributed by atoms with E-state index in [0.717, 1.165) is 5.56 Å². The summed E-state index contributed by atoms with van der Waals surface area (Å²) in [6.07, 6.45) is 0.299. The number of benzene rings is 1. The van der Waals surface area contributed by atoms with Crippen LogP contribution >= 0.6 is 0 Å². The second kappa shape index (κ2) is 7.29. The number of carbonyl (C=O) groups is 1. The lowest BCUT2D eigenvalue weighted by molar-refractivity contribution is 0.129. The van der Waals surface area contributed by atoms with E-state index in [-0.39, 0.29) is 17.6 Å². The number of urea groups is 1. The zero-order valence-corrected chi connectivity index (χ0v) is 12.9. The first-order valence-electron chi connectivity index (χ1n) is 7.04. The van der Waals surface area contributed by atoms with Gasteiger partial charge >= 0.3 is 6.03 Å². The Bertz CT molecular complexity index is 442. The highest BCUT2D eigenvalue weighted by atomic mass is 16.3. The minimum atomic E-state index is -0.359. The molecule has 1 aromatic carbocycles. The summed E-state index contributed by atoms with van der Waals surface area (Å²) in [5, 5.41) is 15.1. The fraction of sp³-hybridized carbons (Fsp3) is 0.562. The molecule has 1 aromatic rings. The molecule has 1 rings (SSSR count). The van der Waals surface area contributed by atoms with Gasteiger partial charge < -0.3 is 15.7 Å². The number of carbonyl (C=O) groups excluding carboxylic acids is 1. The fourth-order valence-electron chi connectivity index (χ4n) is 2.26. The topological polar surface area (TPSA) is 61.4 Å². The summed E-state index contributed by atoms with van der Waals surface area (Å²) >= 11 is 0. The van der Waals surface area contributed by atoms with Crippen LogP contribution in [0.15, 0.2) is 24.3 Å². The smallest absolute Gasteiger partial charge is 0.315 e. The van der Waals surface area contributed by atoms with Gasteiger partial charge in [-0.05, 0) is 31.2 Å². The number of aliphatic hydroxyl groups is 1. The van der Waals surface area contributed by atoms with Crippen LogP contribution in [0, 0.1) is 12.3 Å². The highest BCUT2D eigenvalue weighted by Crippen LogP contribution is 2.20. The van der Waals surface area contributed by atoms with Gasteiger partial charge in [0.1, 0.15) is 0 Å². The second-order valence-electron chi connectivity index (χ2n) is 6.24. The average Bonchev–Trinajstić information content (AvgIpc) is 2.32. The lowest BCUT2D eigenvalue weighted by Gasteiger charge is -2.26. The molecule has 2 amide bonds. The number of amides is 2. The maximum atomic E-state index is 11.7. The van der Waals surface area contributed by atoms with Crippen molar-refractivity contribution in [1.29, 1.82) is 0 Å². The molecule has 4 heteroatoms. The summed E-state index contributed by atoms with van der Waals surface area (Å²) in [7, 11) is 0. The first-order chi connectivity index (χ1) is 9.28. The maximum Gasteiger partial charge on any atom is 0.315 e. The van der Waals surface area contributed by atoms with Gasteiger partial charge in [0.25, 0.3) is 0 Å². The van der Waals surface area contributed by atoms with Gasteiger partial charge in [-0.2, -0.15) is 0 Å². The zero-order chi connectivity index (χ0) is 15.2. The molecule has 1 atom stereocenters. The van der Waals surface area contributed by atoms with Gasteiger partial charge in [0.2, 0.25) is 0 Å². The van der Waals surface area contributed by atoms with Crippen LogP contribution in [0.2, 0.25) is 0 Å². The third kappa shape index (κ3) is 6.57. The Morgan fingerprint density at radius 1 is 1.35 bits per heavy atom. The Morgan fingerprint density at radius 2 is 2.05 bits per heavy atom. The summed E-state index contributed by atoms with van der Waals surface area (Å²) in [5.74, 6) is 0. The molecule has 0 heterocycles. The molecule has 1 unspecified atom stereocenters. The average molecular weight is 278 g/mol. The number of hydrogen-bond donors (Lipinski definition) is 3. The molecule has 0 aliphatic heterocycles. The monoisotopic (exact) mass is 278 g/mol.